The number of ether oxygens (including phenoxy) is 2. The van der Waals surface area contributed by atoms with Crippen LogP contribution < -0.4 is 14.4 Å². The van der Waals surface area contributed by atoms with Crippen molar-refractivity contribution in [1.82, 2.24) is 9.80 Å². The van der Waals surface area contributed by atoms with Crippen molar-refractivity contribution in [3.63, 3.8) is 0 Å². The summed E-state index contributed by atoms with van der Waals surface area (Å²) in [6, 6.07) is 13.7. The zero-order chi connectivity index (χ0) is 20.1. The molecule has 2 aromatic rings. The Hall–Kier alpha value is -2.44. The van der Waals surface area contributed by atoms with Gasteiger partial charge in [-0.05, 0) is 29.8 Å². The second-order valence-electron chi connectivity index (χ2n) is 6.96. The second kappa shape index (κ2) is 9.17. The summed E-state index contributed by atoms with van der Waals surface area (Å²) in [5.41, 5.74) is 2.17. The molecule has 0 spiro atoms. The molecule has 0 unspecified atom stereocenters. The first-order valence-corrected chi connectivity index (χ1v) is 9.63. The molecule has 7 heteroatoms. The molecule has 1 fully saturated rings. The minimum atomic E-state index is -0.427. The fourth-order valence-corrected chi connectivity index (χ4v) is 3.45. The third-order valence-corrected chi connectivity index (χ3v) is 5.08. The number of rotatable bonds is 5. The van der Waals surface area contributed by atoms with Crippen LogP contribution in [0, 0.1) is 0 Å². The first kappa shape index (κ1) is 20.3. The zero-order valence-corrected chi connectivity index (χ0v) is 17.3. The van der Waals surface area contributed by atoms with E-state index in [1.54, 1.807) is 21.2 Å². The van der Waals surface area contributed by atoms with Gasteiger partial charge in [0.15, 0.2) is 11.5 Å². The number of halogens is 1. The van der Waals surface area contributed by atoms with Crippen LogP contribution in [0.4, 0.5) is 10.5 Å². The van der Waals surface area contributed by atoms with Gasteiger partial charge in [0.05, 0.1) is 17.8 Å². The van der Waals surface area contributed by atoms with Crippen LogP contribution in [0.25, 0.3) is 0 Å². The molecule has 1 amide bonds. The minimum absolute atomic E-state index is 0.427. The molecule has 150 valence electrons. The van der Waals surface area contributed by atoms with Gasteiger partial charge in [-0.25, -0.2) is 4.79 Å². The van der Waals surface area contributed by atoms with E-state index in [2.05, 4.69) is 15.9 Å². The minimum Gasteiger partial charge on any atom is -0.493 e. The van der Waals surface area contributed by atoms with Crippen LogP contribution in [0.2, 0.25) is 5.02 Å². The predicted octanol–water partition coefficient (Wildman–Crippen LogP) is 3.73. The highest BCUT2D eigenvalue weighted by molar-refractivity contribution is 6.33. The number of carbonyl (C=O) groups is 1. The lowest BCUT2D eigenvalue weighted by Crippen LogP contribution is -2.46. The van der Waals surface area contributed by atoms with Gasteiger partial charge in [-0.15, -0.1) is 0 Å². The number of amides is 1. The molecule has 0 aliphatic carbocycles. The first-order chi connectivity index (χ1) is 13.5. The van der Waals surface area contributed by atoms with Gasteiger partial charge in [0, 0.05) is 46.8 Å². The van der Waals surface area contributed by atoms with E-state index in [4.69, 9.17) is 21.1 Å². The molecule has 1 aliphatic rings. The lowest BCUT2D eigenvalue weighted by molar-refractivity contribution is 0.170. The van der Waals surface area contributed by atoms with E-state index in [9.17, 15) is 4.79 Å². The molecule has 0 radical (unpaired) electrons. The maximum Gasteiger partial charge on any atom is 0.414 e. The Balaban J connectivity index is 1.63. The van der Waals surface area contributed by atoms with E-state index < -0.39 is 6.09 Å². The molecule has 0 aromatic heterocycles. The summed E-state index contributed by atoms with van der Waals surface area (Å²) in [4.78, 5) is 18.0. The van der Waals surface area contributed by atoms with E-state index in [1.165, 1.54) is 4.90 Å². The Bertz CT molecular complexity index is 820. The Kier molecular flexibility index (Phi) is 6.65. The Morgan fingerprint density at radius 3 is 2.43 bits per heavy atom. The van der Waals surface area contributed by atoms with Crippen LogP contribution in [-0.2, 0) is 6.54 Å². The van der Waals surface area contributed by atoms with Gasteiger partial charge in [0.25, 0.3) is 0 Å². The van der Waals surface area contributed by atoms with Crippen LogP contribution >= 0.6 is 11.6 Å². The van der Waals surface area contributed by atoms with Gasteiger partial charge in [0.2, 0.25) is 0 Å². The van der Waals surface area contributed by atoms with Gasteiger partial charge >= 0.3 is 6.09 Å². The van der Waals surface area contributed by atoms with Crippen LogP contribution in [0.3, 0.4) is 0 Å². The van der Waals surface area contributed by atoms with E-state index >= 15 is 0 Å². The zero-order valence-electron chi connectivity index (χ0n) is 16.5. The third kappa shape index (κ3) is 4.88. The van der Waals surface area contributed by atoms with Crippen molar-refractivity contribution in [3.8, 4) is 11.5 Å². The van der Waals surface area contributed by atoms with Crippen molar-refractivity contribution in [3.05, 3.63) is 53.1 Å². The van der Waals surface area contributed by atoms with E-state index in [-0.39, 0.29) is 0 Å². The number of nitrogens with zero attached hydrogens (tertiary/aromatic N) is 3. The molecule has 2 aromatic carbocycles. The summed E-state index contributed by atoms with van der Waals surface area (Å²) in [6.45, 7) is 4.49. The predicted molar refractivity (Wildman–Crippen MR) is 112 cm³/mol. The maximum atomic E-state index is 11.9. The fourth-order valence-electron chi connectivity index (χ4n) is 3.20. The molecule has 6 nitrogen and oxygen atoms in total. The van der Waals surface area contributed by atoms with Crippen LogP contribution in [-0.4, -0.2) is 63.3 Å². The molecule has 0 bridgehead atoms. The highest BCUT2D eigenvalue weighted by atomic mass is 35.5. The summed E-state index contributed by atoms with van der Waals surface area (Å²) in [6.07, 6.45) is -0.427. The third-order valence-electron chi connectivity index (χ3n) is 4.76. The Labute approximate surface area is 171 Å². The number of benzene rings is 2. The van der Waals surface area contributed by atoms with Crippen molar-refractivity contribution in [2.75, 3.05) is 52.3 Å². The maximum absolute atomic E-state index is 11.9. The lowest BCUT2D eigenvalue weighted by Gasteiger charge is -2.36. The molecule has 3 rings (SSSR count). The number of hydrogen-bond donors (Lipinski definition) is 0. The smallest absolute Gasteiger partial charge is 0.414 e. The average Bonchev–Trinajstić information content (AvgIpc) is 2.69. The number of methoxy groups -OCH3 is 1. The van der Waals surface area contributed by atoms with Crippen molar-refractivity contribution in [2.24, 2.45) is 0 Å². The van der Waals surface area contributed by atoms with Crippen molar-refractivity contribution in [1.29, 1.82) is 0 Å². The first-order valence-electron chi connectivity index (χ1n) is 9.26. The standard InChI is InChI=1S/C21H26ClN3O3/c1-23(2)21(26)28-20-14-16(8-9-19(20)27-3)15-24-10-12-25(13-11-24)18-7-5-4-6-17(18)22/h4-9,14H,10-13,15H2,1-3H3. The molecule has 0 saturated carbocycles. The summed E-state index contributed by atoms with van der Waals surface area (Å²) >= 11 is 6.32. The summed E-state index contributed by atoms with van der Waals surface area (Å²) < 4.78 is 10.8. The van der Waals surface area contributed by atoms with E-state index in [0.717, 1.165) is 49.0 Å². The molecule has 28 heavy (non-hydrogen) atoms. The lowest BCUT2D eigenvalue weighted by atomic mass is 10.1. The monoisotopic (exact) mass is 403 g/mol. The summed E-state index contributed by atoms with van der Waals surface area (Å²) in [5.74, 6) is 0.982. The highest BCUT2D eigenvalue weighted by Crippen LogP contribution is 2.30. The van der Waals surface area contributed by atoms with E-state index in [0.29, 0.717) is 11.5 Å². The van der Waals surface area contributed by atoms with Crippen LogP contribution in [0.5, 0.6) is 11.5 Å². The average molecular weight is 404 g/mol. The van der Waals surface area contributed by atoms with Gasteiger partial charge in [0.1, 0.15) is 0 Å². The van der Waals surface area contributed by atoms with Gasteiger partial charge in [-0.1, -0.05) is 29.8 Å². The second-order valence-corrected chi connectivity index (χ2v) is 7.37. The van der Waals surface area contributed by atoms with Crippen LogP contribution in [0.1, 0.15) is 5.56 Å². The number of anilines is 1. The van der Waals surface area contributed by atoms with Gasteiger partial charge in [-0.3, -0.25) is 4.90 Å². The molecule has 1 saturated heterocycles. The highest BCUT2D eigenvalue weighted by Gasteiger charge is 2.20. The quantitative estimate of drug-likeness (QED) is 0.761. The summed E-state index contributed by atoms with van der Waals surface area (Å²) in [7, 11) is 4.87. The SMILES string of the molecule is COc1ccc(CN2CCN(c3ccccc3Cl)CC2)cc1OC(=O)N(C)C. The van der Waals surface area contributed by atoms with E-state index in [1.807, 2.05) is 36.4 Å². The Morgan fingerprint density at radius 1 is 1.07 bits per heavy atom. The van der Waals surface area contributed by atoms with Crippen molar-refractivity contribution >= 4 is 23.4 Å². The summed E-state index contributed by atoms with van der Waals surface area (Å²) in [5, 5.41) is 0.790. The largest absolute Gasteiger partial charge is 0.493 e. The number of para-hydroxylation sites is 1. The molecular formula is C21H26ClN3O3. The van der Waals surface area contributed by atoms with Crippen molar-refractivity contribution in [2.45, 2.75) is 6.54 Å². The molecule has 0 N–H and O–H groups in total. The molecular weight excluding hydrogens is 378 g/mol. The van der Waals surface area contributed by atoms with Gasteiger partial charge < -0.3 is 19.3 Å². The molecule has 1 heterocycles. The molecule has 1 aliphatic heterocycles. The Morgan fingerprint density at radius 2 is 1.79 bits per heavy atom. The number of piperazine rings is 1. The number of hydrogen-bond acceptors (Lipinski definition) is 5. The van der Waals surface area contributed by atoms with Crippen LogP contribution in [0.15, 0.2) is 42.5 Å². The van der Waals surface area contributed by atoms with Crippen molar-refractivity contribution < 1.29 is 14.3 Å². The van der Waals surface area contributed by atoms with Gasteiger partial charge in [-0.2, -0.15) is 0 Å². The number of carbonyl (C=O) groups excluding carboxylic acids is 1. The normalized spacial score (nSPS) is 14.6. The molecule has 0 atom stereocenters. The topological polar surface area (TPSA) is 45.3 Å². The fraction of sp³-hybridized carbons (Fsp3) is 0.381.